The van der Waals surface area contributed by atoms with Gasteiger partial charge in [0.25, 0.3) is 0 Å². The van der Waals surface area contributed by atoms with E-state index in [9.17, 15) is 9.90 Å². The molecular weight excluding hydrogens is 204 g/mol. The molecule has 88 valence electrons. The fraction of sp³-hybridized carbons (Fsp3) is 0.462. The average molecular weight is 222 g/mol. The van der Waals surface area contributed by atoms with Crippen LogP contribution in [0.4, 0.5) is 0 Å². The molecule has 1 rings (SSSR count). The van der Waals surface area contributed by atoms with Crippen molar-refractivity contribution in [3.63, 3.8) is 0 Å². The van der Waals surface area contributed by atoms with Crippen molar-refractivity contribution >= 4 is 5.97 Å². The van der Waals surface area contributed by atoms with Crippen molar-refractivity contribution in [2.45, 2.75) is 26.4 Å². The van der Waals surface area contributed by atoms with E-state index in [2.05, 4.69) is 4.74 Å². The van der Waals surface area contributed by atoms with Crippen LogP contribution in [-0.4, -0.2) is 18.2 Å². The highest BCUT2D eigenvalue weighted by molar-refractivity contribution is 5.73. The topological polar surface area (TPSA) is 46.5 Å². The Morgan fingerprint density at radius 1 is 1.50 bits per heavy atom. The third-order valence-corrected chi connectivity index (χ3v) is 3.00. The van der Waals surface area contributed by atoms with Crippen LogP contribution in [0.1, 0.15) is 25.0 Å². The lowest BCUT2D eigenvalue weighted by Gasteiger charge is -2.29. The zero-order valence-corrected chi connectivity index (χ0v) is 10.2. The van der Waals surface area contributed by atoms with Crippen LogP contribution in [0.15, 0.2) is 24.3 Å². The summed E-state index contributed by atoms with van der Waals surface area (Å²) in [4.78, 5) is 11.4. The molecule has 0 bridgehead atoms. The van der Waals surface area contributed by atoms with E-state index in [1.165, 1.54) is 7.11 Å². The highest BCUT2D eigenvalue weighted by atomic mass is 16.5. The van der Waals surface area contributed by atoms with Crippen LogP contribution < -0.4 is 0 Å². The first-order valence-corrected chi connectivity index (χ1v) is 5.27. The summed E-state index contributed by atoms with van der Waals surface area (Å²) in [5.74, 6) is -1.01. The van der Waals surface area contributed by atoms with Crippen LogP contribution in [0.5, 0.6) is 0 Å². The van der Waals surface area contributed by atoms with Crippen molar-refractivity contribution in [2.24, 2.45) is 5.92 Å². The fourth-order valence-corrected chi connectivity index (χ4v) is 1.62. The van der Waals surface area contributed by atoms with Crippen LogP contribution in [0.3, 0.4) is 0 Å². The van der Waals surface area contributed by atoms with E-state index in [-0.39, 0.29) is 0 Å². The lowest BCUT2D eigenvalue weighted by Crippen LogP contribution is -2.36. The number of rotatable bonds is 3. The maximum Gasteiger partial charge on any atom is 0.311 e. The molecule has 0 fully saturated rings. The van der Waals surface area contributed by atoms with Gasteiger partial charge in [0.1, 0.15) is 0 Å². The van der Waals surface area contributed by atoms with Gasteiger partial charge in [0.05, 0.1) is 18.6 Å². The average Bonchev–Trinajstić information content (AvgIpc) is 2.27. The molecule has 0 aliphatic rings. The molecule has 0 spiro atoms. The molecule has 1 aromatic rings. The third-order valence-electron chi connectivity index (χ3n) is 3.00. The number of aliphatic hydroxyl groups is 1. The lowest BCUT2D eigenvalue weighted by atomic mass is 9.83. The highest BCUT2D eigenvalue weighted by Gasteiger charge is 2.36. The maximum absolute atomic E-state index is 11.4. The summed E-state index contributed by atoms with van der Waals surface area (Å²) < 4.78 is 4.65. The summed E-state index contributed by atoms with van der Waals surface area (Å²) in [6, 6.07) is 7.50. The quantitative estimate of drug-likeness (QED) is 0.796. The van der Waals surface area contributed by atoms with Gasteiger partial charge >= 0.3 is 5.97 Å². The van der Waals surface area contributed by atoms with Gasteiger partial charge in [-0.1, -0.05) is 29.8 Å². The normalized spacial score (nSPS) is 16.3. The van der Waals surface area contributed by atoms with Gasteiger partial charge in [-0.05, 0) is 26.3 Å². The number of carbonyl (C=O) groups is 1. The minimum Gasteiger partial charge on any atom is -0.469 e. The van der Waals surface area contributed by atoms with Crippen molar-refractivity contribution in [1.82, 2.24) is 0 Å². The number of carbonyl (C=O) groups excluding carboxylic acids is 1. The van der Waals surface area contributed by atoms with Gasteiger partial charge in [0, 0.05) is 0 Å². The largest absolute Gasteiger partial charge is 0.469 e. The van der Waals surface area contributed by atoms with Gasteiger partial charge < -0.3 is 9.84 Å². The van der Waals surface area contributed by atoms with Gasteiger partial charge in [-0.2, -0.15) is 0 Å². The van der Waals surface area contributed by atoms with Gasteiger partial charge in [-0.3, -0.25) is 4.79 Å². The van der Waals surface area contributed by atoms with E-state index in [1.807, 2.05) is 31.2 Å². The molecule has 0 aliphatic heterocycles. The second-order valence-corrected chi connectivity index (χ2v) is 4.26. The molecule has 0 saturated heterocycles. The Bertz CT molecular complexity index is 383. The van der Waals surface area contributed by atoms with Crippen LogP contribution in [-0.2, 0) is 15.1 Å². The fourth-order valence-electron chi connectivity index (χ4n) is 1.62. The number of ether oxygens (including phenoxy) is 1. The Kier molecular flexibility index (Phi) is 3.70. The van der Waals surface area contributed by atoms with Crippen LogP contribution in [0, 0.1) is 12.8 Å². The molecule has 1 aromatic carbocycles. The SMILES string of the molecule is COC(=O)C(C)C(C)(O)c1cccc(C)c1. The van der Waals surface area contributed by atoms with Gasteiger partial charge in [0.2, 0.25) is 0 Å². The Hall–Kier alpha value is -1.35. The van der Waals surface area contributed by atoms with E-state index in [0.717, 1.165) is 11.1 Å². The lowest BCUT2D eigenvalue weighted by molar-refractivity contribution is -0.154. The first kappa shape index (κ1) is 12.7. The maximum atomic E-state index is 11.4. The molecule has 0 radical (unpaired) electrons. The summed E-state index contributed by atoms with van der Waals surface area (Å²) in [5.41, 5.74) is 0.569. The molecule has 0 aliphatic carbocycles. The first-order chi connectivity index (χ1) is 7.39. The Labute approximate surface area is 96.1 Å². The van der Waals surface area contributed by atoms with Crippen LogP contribution in [0.2, 0.25) is 0 Å². The van der Waals surface area contributed by atoms with Crippen molar-refractivity contribution < 1.29 is 14.6 Å². The van der Waals surface area contributed by atoms with Crippen molar-refractivity contribution in [3.8, 4) is 0 Å². The molecule has 3 heteroatoms. The summed E-state index contributed by atoms with van der Waals surface area (Å²) in [6.45, 7) is 5.24. The Morgan fingerprint density at radius 2 is 2.12 bits per heavy atom. The molecule has 1 N–H and O–H groups in total. The van der Waals surface area contributed by atoms with E-state index >= 15 is 0 Å². The molecule has 2 atom stereocenters. The second-order valence-electron chi connectivity index (χ2n) is 4.26. The zero-order valence-electron chi connectivity index (χ0n) is 10.2. The summed E-state index contributed by atoms with van der Waals surface area (Å²) >= 11 is 0. The van der Waals surface area contributed by atoms with E-state index in [1.54, 1.807) is 13.8 Å². The van der Waals surface area contributed by atoms with Crippen molar-refractivity contribution in [1.29, 1.82) is 0 Å². The molecule has 3 nitrogen and oxygen atoms in total. The standard InChI is InChI=1S/C13H18O3/c1-9-6-5-7-11(8-9)13(3,15)10(2)12(14)16-4/h5-8,10,15H,1-4H3. The smallest absolute Gasteiger partial charge is 0.311 e. The van der Waals surface area contributed by atoms with Crippen LogP contribution in [0.25, 0.3) is 0 Å². The Morgan fingerprint density at radius 3 is 2.62 bits per heavy atom. The number of esters is 1. The van der Waals surface area contributed by atoms with Crippen LogP contribution >= 0.6 is 0 Å². The van der Waals surface area contributed by atoms with Crippen molar-refractivity contribution in [3.05, 3.63) is 35.4 Å². The minimum atomic E-state index is -1.21. The molecule has 0 amide bonds. The third kappa shape index (κ3) is 2.42. The summed E-state index contributed by atoms with van der Waals surface area (Å²) in [5, 5.41) is 10.4. The Balaban J connectivity index is 3.05. The van der Waals surface area contributed by atoms with E-state index < -0.39 is 17.5 Å². The zero-order chi connectivity index (χ0) is 12.3. The van der Waals surface area contributed by atoms with E-state index in [4.69, 9.17) is 0 Å². The number of aryl methyl sites for hydroxylation is 1. The van der Waals surface area contributed by atoms with Gasteiger partial charge in [-0.25, -0.2) is 0 Å². The molecule has 0 heterocycles. The molecular formula is C13H18O3. The summed E-state index contributed by atoms with van der Waals surface area (Å²) in [7, 11) is 1.32. The molecule has 16 heavy (non-hydrogen) atoms. The molecule has 0 saturated carbocycles. The predicted octanol–water partition coefficient (Wildman–Crippen LogP) is 2.01. The monoisotopic (exact) mass is 222 g/mol. The van der Waals surface area contributed by atoms with Crippen molar-refractivity contribution in [2.75, 3.05) is 7.11 Å². The number of benzene rings is 1. The molecule has 2 unspecified atom stereocenters. The first-order valence-electron chi connectivity index (χ1n) is 5.27. The minimum absolute atomic E-state index is 0.411. The highest BCUT2D eigenvalue weighted by Crippen LogP contribution is 2.30. The summed E-state index contributed by atoms with van der Waals surface area (Å²) in [6.07, 6.45) is 0. The van der Waals surface area contributed by atoms with Gasteiger partial charge in [0.15, 0.2) is 0 Å². The van der Waals surface area contributed by atoms with E-state index in [0.29, 0.717) is 0 Å². The number of methoxy groups -OCH3 is 1. The predicted molar refractivity (Wildman–Crippen MR) is 61.9 cm³/mol. The second kappa shape index (κ2) is 4.66. The number of hydrogen-bond acceptors (Lipinski definition) is 3. The molecule has 0 aromatic heterocycles. The number of hydrogen-bond donors (Lipinski definition) is 1. The van der Waals surface area contributed by atoms with Gasteiger partial charge in [-0.15, -0.1) is 0 Å².